The minimum Gasteiger partial charge on any atom is -0.324 e. The third kappa shape index (κ3) is 4.58. The van der Waals surface area contributed by atoms with Crippen molar-refractivity contribution < 1.29 is 4.79 Å². The molecule has 2 amide bonds. The Morgan fingerprint density at radius 3 is 2.54 bits per heavy atom. The van der Waals surface area contributed by atoms with E-state index in [2.05, 4.69) is 30.6 Å². The van der Waals surface area contributed by atoms with Gasteiger partial charge in [0.15, 0.2) is 0 Å². The summed E-state index contributed by atoms with van der Waals surface area (Å²) in [7, 11) is 1.70. The molecule has 0 saturated carbocycles. The molecule has 0 unspecified atom stereocenters. The van der Waals surface area contributed by atoms with Gasteiger partial charge < -0.3 is 10.6 Å². The van der Waals surface area contributed by atoms with Crippen molar-refractivity contribution in [2.24, 2.45) is 0 Å². The lowest BCUT2D eigenvalue weighted by Crippen LogP contribution is -2.46. The summed E-state index contributed by atoms with van der Waals surface area (Å²) < 4.78 is 1.42. The van der Waals surface area contributed by atoms with E-state index in [1.54, 1.807) is 30.4 Å². The maximum absolute atomic E-state index is 13.5. The number of amides is 2. The Morgan fingerprint density at radius 2 is 1.77 bits per heavy atom. The van der Waals surface area contributed by atoms with E-state index in [4.69, 9.17) is 23.4 Å². The first-order valence-electron chi connectivity index (χ1n) is 12.1. The van der Waals surface area contributed by atoms with E-state index in [1.807, 2.05) is 56.3 Å². The predicted octanol–water partition coefficient (Wildman–Crippen LogP) is 6.56. The number of aromatic nitrogens is 5. The number of carbonyl (C=O) groups excluding carboxylic acids is 1. The number of halogens is 2. The molecule has 5 aromatic rings. The van der Waals surface area contributed by atoms with Gasteiger partial charge in [-0.15, -0.1) is 0 Å². The summed E-state index contributed by atoms with van der Waals surface area (Å²) in [6.07, 6.45) is 3.45. The number of imidazole rings is 1. The van der Waals surface area contributed by atoms with E-state index >= 15 is 0 Å². The SMILES string of the molecule is Cc1ccc(Nc2ncc3c(n2)N(C)C(=O)N(c2cc(Nc4nc5c(Cl)cccc5n4Cl)ccc2C)C3)cn1. The minimum absolute atomic E-state index is 0.208. The molecule has 39 heavy (non-hydrogen) atoms. The highest BCUT2D eigenvalue weighted by Gasteiger charge is 2.31. The van der Waals surface area contributed by atoms with Crippen molar-refractivity contribution in [3.8, 4) is 0 Å². The smallest absolute Gasteiger partial charge is 0.324 e. The number of para-hydroxylation sites is 1. The van der Waals surface area contributed by atoms with E-state index in [0.717, 1.165) is 28.2 Å². The first kappa shape index (κ1) is 24.9. The van der Waals surface area contributed by atoms with Crippen molar-refractivity contribution in [2.75, 3.05) is 27.5 Å². The normalized spacial score (nSPS) is 13.1. The average molecular weight is 560 g/mol. The Balaban J connectivity index is 1.28. The van der Waals surface area contributed by atoms with Gasteiger partial charge in [-0.2, -0.15) is 4.98 Å². The van der Waals surface area contributed by atoms with Crippen LogP contribution in [0.2, 0.25) is 5.02 Å². The molecule has 1 aliphatic heterocycles. The third-order valence-electron chi connectivity index (χ3n) is 6.51. The van der Waals surface area contributed by atoms with Crippen molar-refractivity contribution in [2.45, 2.75) is 20.4 Å². The fraction of sp³-hybridized carbons (Fsp3) is 0.148. The molecule has 6 rings (SSSR count). The van der Waals surface area contributed by atoms with Gasteiger partial charge in [-0.3, -0.25) is 14.8 Å². The fourth-order valence-electron chi connectivity index (χ4n) is 4.45. The molecule has 0 fully saturated rings. The number of benzene rings is 2. The van der Waals surface area contributed by atoms with Gasteiger partial charge in [-0.25, -0.2) is 18.8 Å². The monoisotopic (exact) mass is 559 g/mol. The van der Waals surface area contributed by atoms with E-state index in [9.17, 15) is 4.79 Å². The van der Waals surface area contributed by atoms with Crippen LogP contribution in [-0.4, -0.2) is 37.1 Å². The molecule has 0 atom stereocenters. The zero-order valence-corrected chi connectivity index (χ0v) is 22.8. The first-order valence-corrected chi connectivity index (χ1v) is 12.8. The number of nitrogens with one attached hydrogen (secondary N) is 2. The van der Waals surface area contributed by atoms with Crippen molar-refractivity contribution in [3.63, 3.8) is 0 Å². The number of fused-ring (bicyclic) bond motifs is 2. The molecular formula is C27H23Cl2N9O. The molecule has 10 nitrogen and oxygen atoms in total. The second kappa shape index (κ2) is 9.72. The fourth-order valence-corrected chi connectivity index (χ4v) is 4.88. The summed E-state index contributed by atoms with van der Waals surface area (Å²) in [5.74, 6) is 1.35. The lowest BCUT2D eigenvalue weighted by molar-refractivity contribution is 0.251. The Hall–Kier alpha value is -4.41. The van der Waals surface area contributed by atoms with E-state index in [-0.39, 0.29) is 6.03 Å². The molecule has 3 aromatic heterocycles. The van der Waals surface area contributed by atoms with Gasteiger partial charge in [-0.1, -0.05) is 23.7 Å². The molecule has 0 spiro atoms. The van der Waals surface area contributed by atoms with Crippen LogP contribution in [0.4, 0.5) is 39.6 Å². The second-order valence-corrected chi connectivity index (χ2v) is 9.98. The highest BCUT2D eigenvalue weighted by Crippen LogP contribution is 2.35. The lowest BCUT2D eigenvalue weighted by atomic mass is 10.1. The first-order chi connectivity index (χ1) is 18.8. The summed E-state index contributed by atoms with van der Waals surface area (Å²) in [5, 5.41) is 6.90. The van der Waals surface area contributed by atoms with Gasteiger partial charge in [0.05, 0.1) is 34.7 Å². The minimum atomic E-state index is -0.208. The molecule has 196 valence electrons. The average Bonchev–Trinajstić information content (AvgIpc) is 3.25. The highest BCUT2D eigenvalue weighted by molar-refractivity contribution is 6.35. The van der Waals surface area contributed by atoms with Crippen LogP contribution in [0.1, 0.15) is 16.8 Å². The Bertz CT molecular complexity index is 1740. The number of nitrogens with zero attached hydrogens (tertiary/aromatic N) is 7. The van der Waals surface area contributed by atoms with Gasteiger partial charge in [0.1, 0.15) is 11.3 Å². The predicted molar refractivity (Wildman–Crippen MR) is 155 cm³/mol. The molecule has 12 heteroatoms. The standard InChI is InChI=1S/C27H23Cl2N9O/c1-15-7-9-18(33-26-34-23-20(28)5-4-6-21(23)38(26)29)11-22(15)37-14-17-12-31-25(35-24(17)36(3)27(37)39)32-19-10-8-16(2)30-13-19/h4-13H,14H2,1-3H3,(H,33,34)(H,31,32,35). The van der Waals surface area contributed by atoms with Crippen LogP contribution in [-0.2, 0) is 6.54 Å². The van der Waals surface area contributed by atoms with Crippen LogP contribution in [0, 0.1) is 13.8 Å². The quantitative estimate of drug-likeness (QED) is 0.251. The van der Waals surface area contributed by atoms with Gasteiger partial charge in [-0.05, 0) is 55.8 Å². The summed E-state index contributed by atoms with van der Waals surface area (Å²) in [6, 6.07) is 14.8. The molecule has 0 aliphatic carbocycles. The van der Waals surface area contributed by atoms with Crippen molar-refractivity contribution >= 4 is 75.2 Å². The summed E-state index contributed by atoms with van der Waals surface area (Å²) in [4.78, 5) is 34.6. The third-order valence-corrected chi connectivity index (χ3v) is 7.16. The Labute approximate surface area is 234 Å². The van der Waals surface area contributed by atoms with Crippen molar-refractivity contribution in [1.29, 1.82) is 0 Å². The van der Waals surface area contributed by atoms with Crippen LogP contribution in [0.3, 0.4) is 0 Å². The highest BCUT2D eigenvalue weighted by atomic mass is 35.5. The van der Waals surface area contributed by atoms with Crippen molar-refractivity contribution in [1.82, 2.24) is 24.0 Å². The lowest BCUT2D eigenvalue weighted by Gasteiger charge is -2.35. The Morgan fingerprint density at radius 1 is 0.949 bits per heavy atom. The van der Waals surface area contributed by atoms with Crippen LogP contribution in [0.15, 0.2) is 60.9 Å². The number of carbonyl (C=O) groups is 1. The largest absolute Gasteiger partial charge is 0.330 e. The number of hydrogen-bond donors (Lipinski definition) is 2. The molecular weight excluding hydrogens is 537 g/mol. The van der Waals surface area contributed by atoms with Crippen molar-refractivity contribution in [3.05, 3.63) is 82.8 Å². The number of pyridine rings is 1. The number of anilines is 6. The van der Waals surface area contributed by atoms with Crippen LogP contribution in [0.25, 0.3) is 11.0 Å². The zero-order valence-electron chi connectivity index (χ0n) is 21.3. The number of aryl methyl sites for hydroxylation is 2. The molecule has 0 bridgehead atoms. The molecule has 0 radical (unpaired) electrons. The summed E-state index contributed by atoms with van der Waals surface area (Å²) >= 11 is 12.8. The van der Waals surface area contributed by atoms with Crippen LogP contribution in [0.5, 0.6) is 0 Å². The summed E-state index contributed by atoms with van der Waals surface area (Å²) in [5.41, 5.74) is 6.17. The van der Waals surface area contributed by atoms with Crippen LogP contribution >= 0.6 is 23.4 Å². The topological polar surface area (TPSA) is 104 Å². The second-order valence-electron chi connectivity index (χ2n) is 9.23. The van der Waals surface area contributed by atoms with E-state index in [0.29, 0.717) is 46.0 Å². The number of rotatable bonds is 5. The van der Waals surface area contributed by atoms with Gasteiger partial charge in [0.2, 0.25) is 11.9 Å². The van der Waals surface area contributed by atoms with Crippen LogP contribution < -0.4 is 20.4 Å². The number of hydrogen-bond acceptors (Lipinski definition) is 7. The maximum atomic E-state index is 13.5. The van der Waals surface area contributed by atoms with E-state index < -0.39 is 0 Å². The molecule has 2 N–H and O–H groups in total. The molecule has 4 heterocycles. The van der Waals surface area contributed by atoms with Gasteiger partial charge >= 0.3 is 6.03 Å². The summed E-state index contributed by atoms with van der Waals surface area (Å²) in [6.45, 7) is 4.19. The molecule has 2 aromatic carbocycles. The number of urea groups is 1. The van der Waals surface area contributed by atoms with E-state index in [1.165, 1.54) is 8.99 Å². The Kier molecular flexibility index (Phi) is 6.20. The van der Waals surface area contributed by atoms with Gasteiger partial charge in [0, 0.05) is 42.0 Å². The van der Waals surface area contributed by atoms with Gasteiger partial charge in [0.25, 0.3) is 0 Å². The zero-order chi connectivity index (χ0) is 27.3. The molecule has 0 saturated heterocycles. The molecule has 1 aliphatic rings. The maximum Gasteiger partial charge on any atom is 0.330 e.